The molecule has 35 heavy (non-hydrogen) atoms. The van der Waals surface area contributed by atoms with Crippen LogP contribution in [0.15, 0.2) is 28.4 Å². The minimum absolute atomic E-state index is 0.132. The molecule has 1 spiro atoms. The summed E-state index contributed by atoms with van der Waals surface area (Å²) in [5.41, 5.74) is 0.150. The molecule has 2 aromatic heterocycles. The lowest BCUT2D eigenvalue weighted by molar-refractivity contribution is 0.0783. The SMILES string of the molecule is C[C@H]1CC2(CCN(c3ncc(Sc4ccnc5c4OCC4C[C@](C)(O)CN54)nc3CO)CC2)CO1. The van der Waals surface area contributed by atoms with Crippen molar-refractivity contribution in [2.45, 2.75) is 73.8 Å². The van der Waals surface area contributed by atoms with E-state index >= 15 is 0 Å². The van der Waals surface area contributed by atoms with E-state index in [1.165, 1.54) is 11.8 Å². The lowest BCUT2D eigenvalue weighted by Gasteiger charge is -2.39. The molecule has 188 valence electrons. The van der Waals surface area contributed by atoms with Crippen LogP contribution >= 0.6 is 11.8 Å². The maximum Gasteiger partial charge on any atom is 0.175 e. The first-order chi connectivity index (χ1) is 16.8. The van der Waals surface area contributed by atoms with Crippen LogP contribution in [-0.2, 0) is 11.3 Å². The quantitative estimate of drug-likeness (QED) is 0.652. The van der Waals surface area contributed by atoms with Crippen molar-refractivity contribution in [1.82, 2.24) is 15.0 Å². The molecule has 0 aromatic carbocycles. The second-order valence-corrected chi connectivity index (χ2v) is 11.9. The molecule has 0 aliphatic carbocycles. The van der Waals surface area contributed by atoms with E-state index in [-0.39, 0.29) is 12.6 Å². The number of aromatic nitrogens is 3. The molecule has 0 radical (unpaired) electrons. The van der Waals surface area contributed by atoms with Crippen LogP contribution in [0.5, 0.6) is 5.75 Å². The molecular formula is C25H33N5O4S. The van der Waals surface area contributed by atoms with Gasteiger partial charge in [-0.05, 0) is 44.6 Å². The standard InChI is InChI=1S/C25H33N5O4S/c1-16-9-25(15-34-16)4-7-29(8-5-25)22-18(12-31)28-20(11-27-22)35-19-3-6-26-23-21(19)33-13-17-10-24(2,32)14-30(17)23/h3,6,11,16-17,31-32H,4-5,7-10,12-15H2,1-2H3/t16-,17?,24-/m0/s1. The third-order valence-electron chi connectivity index (χ3n) is 7.85. The van der Waals surface area contributed by atoms with Gasteiger partial charge in [-0.15, -0.1) is 0 Å². The first-order valence-corrected chi connectivity index (χ1v) is 13.3. The summed E-state index contributed by atoms with van der Waals surface area (Å²) in [4.78, 5) is 19.4. The number of anilines is 2. The molecule has 1 unspecified atom stereocenters. The van der Waals surface area contributed by atoms with Gasteiger partial charge in [0, 0.05) is 32.3 Å². The third kappa shape index (κ3) is 4.34. The molecule has 6 rings (SSSR count). The Morgan fingerprint density at radius 2 is 2.03 bits per heavy atom. The number of fused-ring (bicyclic) bond motifs is 3. The number of aliphatic hydroxyl groups excluding tert-OH is 1. The first-order valence-electron chi connectivity index (χ1n) is 12.5. The van der Waals surface area contributed by atoms with Crippen molar-refractivity contribution in [3.05, 3.63) is 24.2 Å². The topological polar surface area (TPSA) is 104 Å². The van der Waals surface area contributed by atoms with Crippen molar-refractivity contribution in [2.24, 2.45) is 5.41 Å². The zero-order chi connectivity index (χ0) is 24.2. The number of hydrogen-bond donors (Lipinski definition) is 2. The summed E-state index contributed by atoms with van der Waals surface area (Å²) in [6.07, 6.45) is 7.84. The van der Waals surface area contributed by atoms with Gasteiger partial charge in [0.1, 0.15) is 17.3 Å². The highest BCUT2D eigenvalue weighted by Gasteiger charge is 2.44. The summed E-state index contributed by atoms with van der Waals surface area (Å²) in [6.45, 7) is 7.58. The number of hydrogen-bond acceptors (Lipinski definition) is 10. The van der Waals surface area contributed by atoms with Crippen molar-refractivity contribution < 1.29 is 19.7 Å². The molecule has 2 N–H and O–H groups in total. The summed E-state index contributed by atoms with van der Waals surface area (Å²) in [6, 6.07) is 2.05. The number of nitrogens with zero attached hydrogens (tertiary/aromatic N) is 5. The fourth-order valence-corrected chi connectivity index (χ4v) is 6.98. The summed E-state index contributed by atoms with van der Waals surface area (Å²) in [5.74, 6) is 2.26. The van der Waals surface area contributed by atoms with Crippen LogP contribution in [0.3, 0.4) is 0 Å². The van der Waals surface area contributed by atoms with E-state index in [4.69, 9.17) is 19.4 Å². The Hall–Kier alpha value is -2.14. The average molecular weight is 500 g/mol. The largest absolute Gasteiger partial charge is 0.486 e. The molecule has 3 atom stereocenters. The van der Waals surface area contributed by atoms with Gasteiger partial charge in [-0.1, -0.05) is 11.8 Å². The molecule has 9 nitrogen and oxygen atoms in total. The predicted octanol–water partition coefficient (Wildman–Crippen LogP) is 2.63. The molecule has 0 bridgehead atoms. The van der Waals surface area contributed by atoms with Gasteiger partial charge < -0.3 is 29.5 Å². The molecule has 0 saturated carbocycles. The molecule has 3 fully saturated rings. The third-order valence-corrected chi connectivity index (χ3v) is 8.80. The van der Waals surface area contributed by atoms with Gasteiger partial charge in [-0.2, -0.15) is 0 Å². The number of rotatable bonds is 4. The van der Waals surface area contributed by atoms with Crippen molar-refractivity contribution in [1.29, 1.82) is 0 Å². The fourth-order valence-electron chi connectivity index (χ4n) is 6.12. The number of pyridine rings is 1. The van der Waals surface area contributed by atoms with Crippen molar-refractivity contribution in [3.63, 3.8) is 0 Å². The van der Waals surface area contributed by atoms with E-state index in [0.717, 1.165) is 61.2 Å². The zero-order valence-corrected chi connectivity index (χ0v) is 21.1. The Bertz CT molecular complexity index is 1110. The van der Waals surface area contributed by atoms with E-state index in [1.54, 1.807) is 12.4 Å². The van der Waals surface area contributed by atoms with Crippen molar-refractivity contribution in [2.75, 3.05) is 42.6 Å². The molecule has 2 aromatic rings. The predicted molar refractivity (Wildman–Crippen MR) is 132 cm³/mol. The summed E-state index contributed by atoms with van der Waals surface area (Å²) in [7, 11) is 0. The second-order valence-electron chi connectivity index (χ2n) is 10.8. The van der Waals surface area contributed by atoms with Gasteiger partial charge >= 0.3 is 0 Å². The smallest absolute Gasteiger partial charge is 0.175 e. The molecule has 0 amide bonds. The Kier molecular flexibility index (Phi) is 5.82. The van der Waals surface area contributed by atoms with Crippen LogP contribution in [0, 0.1) is 5.41 Å². The molecule has 4 aliphatic rings. The fraction of sp³-hybridized carbons (Fsp3) is 0.640. The Labute approximate surface area is 209 Å². The first kappa shape index (κ1) is 23.3. The van der Waals surface area contributed by atoms with E-state index in [9.17, 15) is 10.2 Å². The van der Waals surface area contributed by atoms with Crippen molar-refractivity contribution in [3.8, 4) is 5.75 Å². The number of piperidine rings is 1. The molecule has 6 heterocycles. The van der Waals surface area contributed by atoms with E-state index in [1.807, 2.05) is 13.0 Å². The molecule has 10 heteroatoms. The highest BCUT2D eigenvalue weighted by Crippen LogP contribution is 2.46. The second kappa shape index (κ2) is 8.76. The molecule has 4 aliphatic heterocycles. The van der Waals surface area contributed by atoms with Gasteiger partial charge in [-0.25, -0.2) is 15.0 Å². The normalized spacial score (nSPS) is 29.3. The minimum Gasteiger partial charge on any atom is -0.486 e. The van der Waals surface area contributed by atoms with Gasteiger partial charge in [0.05, 0.1) is 42.1 Å². The van der Waals surface area contributed by atoms with Crippen LogP contribution in [0.2, 0.25) is 0 Å². The summed E-state index contributed by atoms with van der Waals surface area (Å²) >= 11 is 1.46. The highest BCUT2D eigenvalue weighted by molar-refractivity contribution is 7.99. The van der Waals surface area contributed by atoms with Gasteiger partial charge in [-0.3, -0.25) is 0 Å². The lowest BCUT2D eigenvalue weighted by Crippen LogP contribution is -2.41. The highest BCUT2D eigenvalue weighted by atomic mass is 32.2. The zero-order valence-electron chi connectivity index (χ0n) is 20.3. The van der Waals surface area contributed by atoms with E-state index in [0.29, 0.717) is 41.8 Å². The summed E-state index contributed by atoms with van der Waals surface area (Å²) in [5, 5.41) is 21.3. The van der Waals surface area contributed by atoms with Gasteiger partial charge in [0.25, 0.3) is 0 Å². The van der Waals surface area contributed by atoms with Gasteiger partial charge in [0.15, 0.2) is 17.4 Å². The Morgan fingerprint density at radius 1 is 1.20 bits per heavy atom. The van der Waals surface area contributed by atoms with Crippen molar-refractivity contribution >= 4 is 23.4 Å². The Morgan fingerprint density at radius 3 is 2.77 bits per heavy atom. The molecule has 3 saturated heterocycles. The maximum absolute atomic E-state index is 10.5. The van der Waals surface area contributed by atoms with Crippen LogP contribution in [-0.4, -0.2) is 75.8 Å². The van der Waals surface area contributed by atoms with E-state index < -0.39 is 5.60 Å². The van der Waals surface area contributed by atoms with Crippen LogP contribution in [0.1, 0.15) is 45.2 Å². The Balaban J connectivity index is 1.20. The average Bonchev–Trinajstić information content (AvgIpc) is 3.37. The van der Waals surface area contributed by atoms with Crippen LogP contribution < -0.4 is 14.5 Å². The number of aliphatic hydroxyl groups is 2. The number of ether oxygens (including phenoxy) is 2. The molecular weight excluding hydrogens is 466 g/mol. The van der Waals surface area contributed by atoms with Crippen LogP contribution in [0.4, 0.5) is 11.6 Å². The summed E-state index contributed by atoms with van der Waals surface area (Å²) < 4.78 is 12.0. The monoisotopic (exact) mass is 499 g/mol. The minimum atomic E-state index is -0.741. The van der Waals surface area contributed by atoms with E-state index in [2.05, 4.69) is 21.7 Å². The lowest BCUT2D eigenvalue weighted by atomic mass is 9.77. The van der Waals surface area contributed by atoms with Crippen LogP contribution in [0.25, 0.3) is 0 Å². The van der Waals surface area contributed by atoms with Gasteiger partial charge in [0.2, 0.25) is 0 Å². The maximum atomic E-state index is 10.5.